The first-order chi connectivity index (χ1) is 7.95. The summed E-state index contributed by atoms with van der Waals surface area (Å²) >= 11 is 0. The maximum Gasteiger partial charge on any atom is 0.0945 e. The van der Waals surface area contributed by atoms with Crippen LogP contribution in [0.3, 0.4) is 0 Å². The summed E-state index contributed by atoms with van der Waals surface area (Å²) in [6.45, 7) is 1.07. The van der Waals surface area contributed by atoms with Gasteiger partial charge in [-0.2, -0.15) is 0 Å². The van der Waals surface area contributed by atoms with Crippen LogP contribution in [0, 0.1) is 0 Å². The molecule has 2 heterocycles. The number of aryl methyl sites for hydroxylation is 2. The molecule has 3 heteroatoms. The summed E-state index contributed by atoms with van der Waals surface area (Å²) in [5, 5.41) is 0. The predicted octanol–water partition coefficient (Wildman–Crippen LogP) is 2.69. The molecule has 0 fully saturated rings. The van der Waals surface area contributed by atoms with Gasteiger partial charge < -0.3 is 4.57 Å². The second-order valence-electron chi connectivity index (χ2n) is 3.93. The Morgan fingerprint density at radius 3 is 2.81 bits per heavy atom. The maximum atomic E-state index is 4.31. The summed E-state index contributed by atoms with van der Waals surface area (Å²) < 4.78 is 2.13. The van der Waals surface area contributed by atoms with E-state index in [1.165, 1.54) is 25.0 Å². The molecule has 0 N–H and O–H groups in total. The van der Waals surface area contributed by atoms with Gasteiger partial charge in [-0.1, -0.05) is 12.5 Å². The Kier molecular flexibility index (Phi) is 4.11. The van der Waals surface area contributed by atoms with Gasteiger partial charge in [-0.3, -0.25) is 4.98 Å². The lowest BCUT2D eigenvalue weighted by molar-refractivity contribution is 0.584. The molecule has 0 saturated heterocycles. The van der Waals surface area contributed by atoms with E-state index >= 15 is 0 Å². The van der Waals surface area contributed by atoms with Gasteiger partial charge in [0.1, 0.15) is 0 Å². The predicted molar refractivity (Wildman–Crippen MR) is 64.0 cm³/mol. The summed E-state index contributed by atoms with van der Waals surface area (Å²) in [5.41, 5.74) is 1.20. The second kappa shape index (κ2) is 6.05. The third kappa shape index (κ3) is 3.50. The lowest BCUT2D eigenvalue weighted by atomic mass is 10.1. The molecule has 16 heavy (non-hydrogen) atoms. The van der Waals surface area contributed by atoms with Crippen LogP contribution in [0.1, 0.15) is 25.0 Å². The van der Waals surface area contributed by atoms with Gasteiger partial charge in [0.15, 0.2) is 0 Å². The minimum absolute atomic E-state index is 1.07. The number of hydrogen-bond acceptors (Lipinski definition) is 2. The zero-order valence-electron chi connectivity index (χ0n) is 9.42. The number of rotatable bonds is 6. The molecule has 0 aliphatic carbocycles. The molecule has 0 atom stereocenters. The van der Waals surface area contributed by atoms with Crippen molar-refractivity contribution in [2.45, 2.75) is 32.2 Å². The van der Waals surface area contributed by atoms with Crippen molar-refractivity contribution in [3.8, 4) is 0 Å². The number of nitrogens with zero attached hydrogens (tertiary/aromatic N) is 3. The van der Waals surface area contributed by atoms with E-state index in [9.17, 15) is 0 Å². The van der Waals surface area contributed by atoms with Gasteiger partial charge in [0, 0.05) is 30.8 Å². The van der Waals surface area contributed by atoms with Crippen LogP contribution in [-0.4, -0.2) is 14.5 Å². The molecule has 0 aliphatic rings. The van der Waals surface area contributed by atoms with Crippen molar-refractivity contribution in [3.05, 3.63) is 48.8 Å². The smallest absolute Gasteiger partial charge is 0.0945 e. The Hall–Kier alpha value is -1.64. The topological polar surface area (TPSA) is 30.7 Å². The largest absolute Gasteiger partial charge is 0.337 e. The van der Waals surface area contributed by atoms with Crippen molar-refractivity contribution in [3.63, 3.8) is 0 Å². The minimum Gasteiger partial charge on any atom is -0.337 e. The molecule has 84 valence electrons. The van der Waals surface area contributed by atoms with Crippen molar-refractivity contribution in [2.75, 3.05) is 0 Å². The molecule has 0 aliphatic heterocycles. The van der Waals surface area contributed by atoms with Crippen molar-refractivity contribution in [1.82, 2.24) is 14.5 Å². The highest BCUT2D eigenvalue weighted by atomic mass is 15.0. The van der Waals surface area contributed by atoms with Gasteiger partial charge in [-0.25, -0.2) is 4.98 Å². The van der Waals surface area contributed by atoms with Crippen LogP contribution in [0.4, 0.5) is 0 Å². The van der Waals surface area contributed by atoms with Gasteiger partial charge in [0.2, 0.25) is 0 Å². The van der Waals surface area contributed by atoms with Crippen molar-refractivity contribution >= 4 is 0 Å². The lowest BCUT2D eigenvalue weighted by Gasteiger charge is -2.02. The fourth-order valence-corrected chi connectivity index (χ4v) is 1.74. The zero-order valence-corrected chi connectivity index (χ0v) is 9.42. The minimum atomic E-state index is 1.07. The third-order valence-corrected chi connectivity index (χ3v) is 2.63. The summed E-state index contributed by atoms with van der Waals surface area (Å²) in [6.07, 6.45) is 12.3. The van der Waals surface area contributed by atoms with Gasteiger partial charge >= 0.3 is 0 Å². The molecule has 0 spiro atoms. The first kappa shape index (κ1) is 10.9. The maximum absolute atomic E-state index is 4.31. The van der Waals surface area contributed by atoms with Crippen LogP contribution >= 0.6 is 0 Å². The number of aromatic nitrogens is 3. The highest BCUT2D eigenvalue weighted by Gasteiger charge is 1.94. The normalized spacial score (nSPS) is 10.5. The number of pyridine rings is 1. The van der Waals surface area contributed by atoms with Crippen LogP contribution in [0.25, 0.3) is 0 Å². The van der Waals surface area contributed by atoms with Gasteiger partial charge in [-0.05, 0) is 31.4 Å². The molecule has 2 aromatic heterocycles. The SMILES string of the molecule is c1ccc(CCCCCn2ccnc2)nc1. The summed E-state index contributed by atoms with van der Waals surface area (Å²) in [6, 6.07) is 6.10. The average Bonchev–Trinajstić information content (AvgIpc) is 2.83. The Morgan fingerprint density at radius 1 is 1.06 bits per heavy atom. The van der Waals surface area contributed by atoms with E-state index in [1.54, 1.807) is 0 Å². The fraction of sp³-hybridized carbons (Fsp3) is 0.385. The van der Waals surface area contributed by atoms with Crippen molar-refractivity contribution < 1.29 is 0 Å². The molecule has 3 nitrogen and oxygen atoms in total. The van der Waals surface area contributed by atoms with Crippen LogP contribution < -0.4 is 0 Å². The van der Waals surface area contributed by atoms with E-state index in [2.05, 4.69) is 20.6 Å². The fourth-order valence-electron chi connectivity index (χ4n) is 1.74. The molecule has 2 aromatic rings. The zero-order chi connectivity index (χ0) is 11.1. The third-order valence-electron chi connectivity index (χ3n) is 2.63. The molecular formula is C13H17N3. The number of hydrogen-bond donors (Lipinski definition) is 0. The molecule has 0 unspecified atom stereocenters. The van der Waals surface area contributed by atoms with Crippen molar-refractivity contribution in [1.29, 1.82) is 0 Å². The van der Waals surface area contributed by atoms with Crippen LogP contribution in [-0.2, 0) is 13.0 Å². The number of unbranched alkanes of at least 4 members (excludes halogenated alkanes) is 2. The van der Waals surface area contributed by atoms with Gasteiger partial charge in [0.05, 0.1) is 6.33 Å². The van der Waals surface area contributed by atoms with E-state index < -0.39 is 0 Å². The van der Waals surface area contributed by atoms with E-state index in [-0.39, 0.29) is 0 Å². The van der Waals surface area contributed by atoms with E-state index in [1.807, 2.05) is 37.1 Å². The van der Waals surface area contributed by atoms with Gasteiger partial charge in [-0.15, -0.1) is 0 Å². The highest BCUT2D eigenvalue weighted by molar-refractivity contribution is 5.03. The molecule has 0 bridgehead atoms. The Bertz CT molecular complexity index is 381. The van der Waals surface area contributed by atoms with E-state index in [0.29, 0.717) is 0 Å². The Balaban J connectivity index is 1.59. The van der Waals surface area contributed by atoms with Crippen LogP contribution in [0.5, 0.6) is 0 Å². The Morgan fingerprint density at radius 2 is 2.06 bits per heavy atom. The van der Waals surface area contributed by atoms with E-state index in [0.717, 1.165) is 13.0 Å². The lowest BCUT2D eigenvalue weighted by Crippen LogP contribution is -1.95. The number of imidazole rings is 1. The molecule has 0 saturated carbocycles. The van der Waals surface area contributed by atoms with E-state index in [4.69, 9.17) is 0 Å². The van der Waals surface area contributed by atoms with Crippen LogP contribution in [0.15, 0.2) is 43.1 Å². The van der Waals surface area contributed by atoms with Gasteiger partial charge in [0.25, 0.3) is 0 Å². The highest BCUT2D eigenvalue weighted by Crippen LogP contribution is 2.04. The molecule has 2 rings (SSSR count). The quantitative estimate of drug-likeness (QED) is 0.694. The van der Waals surface area contributed by atoms with Crippen molar-refractivity contribution in [2.24, 2.45) is 0 Å². The Labute approximate surface area is 96.2 Å². The molecule has 0 radical (unpaired) electrons. The first-order valence-corrected chi connectivity index (χ1v) is 5.81. The average molecular weight is 215 g/mol. The molecule has 0 aromatic carbocycles. The monoisotopic (exact) mass is 215 g/mol. The summed E-state index contributed by atoms with van der Waals surface area (Å²) in [7, 11) is 0. The standard InChI is InChI=1S/C13H17N3/c1(5-10-16-11-9-14-12-16)2-6-13-7-3-4-8-15-13/h3-4,7-9,11-12H,1-2,5-6,10H2. The second-order valence-corrected chi connectivity index (χ2v) is 3.93. The summed E-state index contributed by atoms with van der Waals surface area (Å²) in [4.78, 5) is 8.33. The first-order valence-electron chi connectivity index (χ1n) is 5.81. The summed E-state index contributed by atoms with van der Waals surface area (Å²) in [5.74, 6) is 0. The molecular weight excluding hydrogens is 198 g/mol. The van der Waals surface area contributed by atoms with Crippen LogP contribution in [0.2, 0.25) is 0 Å². The molecule has 0 amide bonds.